The van der Waals surface area contributed by atoms with Crippen LogP contribution < -0.4 is 10.6 Å². The van der Waals surface area contributed by atoms with Gasteiger partial charge in [0.1, 0.15) is 17.9 Å². The lowest BCUT2D eigenvalue weighted by Gasteiger charge is -2.36. The molecule has 5 nitrogen and oxygen atoms in total. The minimum absolute atomic E-state index is 0.000260. The molecule has 1 aromatic rings. The van der Waals surface area contributed by atoms with Gasteiger partial charge in [0.05, 0.1) is 0 Å². The van der Waals surface area contributed by atoms with Gasteiger partial charge in [0, 0.05) is 19.1 Å². The minimum Gasteiger partial charge on any atom is -0.342 e. The van der Waals surface area contributed by atoms with Crippen molar-refractivity contribution >= 4 is 11.8 Å². The Morgan fingerprint density at radius 2 is 2.12 bits per heavy atom. The van der Waals surface area contributed by atoms with Crippen molar-refractivity contribution in [2.45, 2.75) is 51.9 Å². The second kappa shape index (κ2) is 6.51. The van der Waals surface area contributed by atoms with Crippen molar-refractivity contribution in [3.8, 4) is 0 Å². The van der Waals surface area contributed by atoms with E-state index in [0.29, 0.717) is 25.1 Å². The van der Waals surface area contributed by atoms with Crippen LogP contribution in [0.2, 0.25) is 0 Å². The average Bonchev–Trinajstić information content (AvgIpc) is 2.97. The van der Waals surface area contributed by atoms with Crippen LogP contribution in [0.4, 0.5) is 4.39 Å². The molecule has 0 saturated carbocycles. The van der Waals surface area contributed by atoms with Crippen molar-refractivity contribution in [3.05, 3.63) is 35.1 Å². The summed E-state index contributed by atoms with van der Waals surface area (Å²) in [6.07, 6.45) is 0.594. The molecule has 0 bridgehead atoms. The van der Waals surface area contributed by atoms with E-state index in [4.69, 9.17) is 0 Å². The maximum atomic E-state index is 13.6. The maximum Gasteiger partial charge on any atom is 0.246 e. The van der Waals surface area contributed by atoms with Crippen LogP contribution >= 0.6 is 0 Å². The van der Waals surface area contributed by atoms with Gasteiger partial charge in [0.2, 0.25) is 11.8 Å². The van der Waals surface area contributed by atoms with Crippen molar-refractivity contribution in [3.63, 3.8) is 0 Å². The molecule has 0 aliphatic carbocycles. The number of piperazine rings is 1. The topological polar surface area (TPSA) is 61.4 Å². The molecule has 2 fully saturated rings. The van der Waals surface area contributed by atoms with Gasteiger partial charge >= 0.3 is 0 Å². The van der Waals surface area contributed by atoms with Crippen LogP contribution in [0.25, 0.3) is 0 Å². The van der Waals surface area contributed by atoms with E-state index in [1.165, 1.54) is 6.07 Å². The number of hydrogen-bond donors (Lipinski definition) is 2. The van der Waals surface area contributed by atoms with E-state index in [1.54, 1.807) is 17.9 Å². The summed E-state index contributed by atoms with van der Waals surface area (Å²) >= 11 is 0. The number of nitrogens with one attached hydrogen (secondary N) is 2. The Morgan fingerprint density at radius 1 is 1.38 bits per heavy atom. The summed E-state index contributed by atoms with van der Waals surface area (Å²) in [6.45, 7) is 6.64. The molecule has 0 unspecified atom stereocenters. The molecule has 2 saturated heterocycles. The Kier molecular flexibility index (Phi) is 4.58. The molecule has 3 rings (SSSR count). The van der Waals surface area contributed by atoms with Crippen LogP contribution in [0.3, 0.4) is 0 Å². The highest BCUT2D eigenvalue weighted by Gasteiger charge is 2.46. The summed E-state index contributed by atoms with van der Waals surface area (Å²) in [5, 5.41) is 6.18. The summed E-state index contributed by atoms with van der Waals surface area (Å²) in [5.74, 6) is -0.211. The van der Waals surface area contributed by atoms with Crippen LogP contribution in [-0.2, 0) is 16.1 Å². The third-order valence-corrected chi connectivity index (χ3v) is 4.95. The van der Waals surface area contributed by atoms with Crippen LogP contribution in [-0.4, -0.2) is 41.4 Å². The van der Waals surface area contributed by atoms with Crippen LogP contribution in [0.5, 0.6) is 0 Å². The fraction of sp³-hybridized carbons (Fsp3) is 0.556. The maximum absolute atomic E-state index is 13.6. The lowest BCUT2D eigenvalue weighted by molar-refractivity contribution is -0.148. The number of benzene rings is 1. The Hall–Kier alpha value is -1.95. The number of rotatable bonds is 4. The molecule has 0 spiro atoms. The van der Waals surface area contributed by atoms with E-state index in [1.807, 2.05) is 19.9 Å². The highest BCUT2D eigenvalue weighted by Crippen LogP contribution is 2.25. The van der Waals surface area contributed by atoms with E-state index >= 15 is 0 Å². The molecular weight excluding hydrogens is 309 g/mol. The molecule has 0 aromatic heterocycles. The third-order valence-electron chi connectivity index (χ3n) is 4.95. The van der Waals surface area contributed by atoms with E-state index < -0.39 is 6.04 Å². The number of aryl methyl sites for hydroxylation is 1. The number of halogens is 1. The predicted octanol–water partition coefficient (Wildman–Crippen LogP) is 1.35. The number of carbonyl (C=O) groups excluding carboxylic acids is 2. The molecule has 2 aliphatic rings. The Bertz CT molecular complexity index is 662. The highest BCUT2D eigenvalue weighted by molar-refractivity contribution is 5.97. The molecule has 2 N–H and O–H groups in total. The third kappa shape index (κ3) is 3.15. The summed E-state index contributed by atoms with van der Waals surface area (Å²) < 4.78 is 13.6. The lowest BCUT2D eigenvalue weighted by Crippen LogP contribution is -2.62. The SMILES string of the molecule is Cc1ccc(CN[C@H]2C[C@H]3C(=O)N[C@@H](C(C)C)C(=O)N3C2)cc1F. The molecule has 2 amide bonds. The van der Waals surface area contributed by atoms with Crippen LogP contribution in [0.15, 0.2) is 18.2 Å². The minimum atomic E-state index is -0.432. The van der Waals surface area contributed by atoms with Gasteiger partial charge in [-0.25, -0.2) is 4.39 Å². The first-order chi connectivity index (χ1) is 11.4. The molecule has 0 radical (unpaired) electrons. The number of carbonyl (C=O) groups is 2. The van der Waals surface area contributed by atoms with Crippen molar-refractivity contribution in [2.24, 2.45) is 5.92 Å². The fourth-order valence-corrected chi connectivity index (χ4v) is 3.43. The zero-order valence-electron chi connectivity index (χ0n) is 14.3. The predicted molar refractivity (Wildman–Crippen MR) is 88.7 cm³/mol. The van der Waals surface area contributed by atoms with E-state index in [9.17, 15) is 14.0 Å². The van der Waals surface area contributed by atoms with E-state index in [0.717, 1.165) is 5.56 Å². The normalized spacial score (nSPS) is 26.7. The first kappa shape index (κ1) is 16.9. The van der Waals surface area contributed by atoms with E-state index in [2.05, 4.69) is 10.6 Å². The van der Waals surface area contributed by atoms with Crippen molar-refractivity contribution < 1.29 is 14.0 Å². The number of nitrogens with zero attached hydrogens (tertiary/aromatic N) is 1. The van der Waals surface area contributed by atoms with Gasteiger partial charge in [-0.15, -0.1) is 0 Å². The van der Waals surface area contributed by atoms with Gasteiger partial charge in [0.25, 0.3) is 0 Å². The second-order valence-electron chi connectivity index (χ2n) is 7.13. The second-order valence-corrected chi connectivity index (χ2v) is 7.13. The van der Waals surface area contributed by atoms with E-state index in [-0.39, 0.29) is 35.6 Å². The van der Waals surface area contributed by atoms with Crippen molar-refractivity contribution in [1.82, 2.24) is 15.5 Å². The van der Waals surface area contributed by atoms with Crippen LogP contribution in [0.1, 0.15) is 31.4 Å². The summed E-state index contributed by atoms with van der Waals surface area (Å²) in [4.78, 5) is 26.5. The number of fused-ring (bicyclic) bond motifs is 1. The molecule has 3 atom stereocenters. The van der Waals surface area contributed by atoms with Crippen LogP contribution in [0, 0.1) is 18.7 Å². The van der Waals surface area contributed by atoms with Gasteiger partial charge in [-0.05, 0) is 36.5 Å². The summed E-state index contributed by atoms with van der Waals surface area (Å²) in [6, 6.07) is 4.39. The monoisotopic (exact) mass is 333 g/mol. The summed E-state index contributed by atoms with van der Waals surface area (Å²) in [7, 11) is 0. The lowest BCUT2D eigenvalue weighted by atomic mass is 9.98. The standard InChI is InChI=1S/C18H24FN3O2/c1-10(2)16-18(24)22-9-13(7-15(22)17(23)21-16)20-8-12-5-4-11(3)14(19)6-12/h4-6,10,13,15-16,20H,7-9H2,1-3H3,(H,21,23)/t13-,15-,16-/m0/s1. The Labute approximate surface area is 141 Å². The van der Waals surface area contributed by atoms with Gasteiger partial charge in [-0.1, -0.05) is 26.0 Å². The number of hydrogen-bond acceptors (Lipinski definition) is 3. The van der Waals surface area contributed by atoms with Gasteiger partial charge in [0.15, 0.2) is 0 Å². The molecule has 6 heteroatoms. The highest BCUT2D eigenvalue weighted by atomic mass is 19.1. The zero-order chi connectivity index (χ0) is 17.4. The van der Waals surface area contributed by atoms with Crippen molar-refractivity contribution in [1.29, 1.82) is 0 Å². The Morgan fingerprint density at radius 3 is 2.79 bits per heavy atom. The average molecular weight is 333 g/mol. The Balaban J connectivity index is 1.63. The first-order valence-electron chi connectivity index (χ1n) is 8.46. The smallest absolute Gasteiger partial charge is 0.246 e. The van der Waals surface area contributed by atoms with Gasteiger partial charge < -0.3 is 15.5 Å². The fourth-order valence-electron chi connectivity index (χ4n) is 3.43. The quantitative estimate of drug-likeness (QED) is 0.874. The molecule has 1 aromatic carbocycles. The first-order valence-corrected chi connectivity index (χ1v) is 8.46. The molecule has 24 heavy (non-hydrogen) atoms. The number of amides is 2. The molecular formula is C18H24FN3O2. The zero-order valence-corrected chi connectivity index (χ0v) is 14.3. The van der Waals surface area contributed by atoms with Gasteiger partial charge in [-0.2, -0.15) is 0 Å². The summed E-state index contributed by atoms with van der Waals surface area (Å²) in [5.41, 5.74) is 1.48. The molecule has 130 valence electrons. The van der Waals surface area contributed by atoms with Gasteiger partial charge in [-0.3, -0.25) is 9.59 Å². The molecule has 2 aliphatic heterocycles. The van der Waals surface area contributed by atoms with Crippen molar-refractivity contribution in [2.75, 3.05) is 6.54 Å². The largest absolute Gasteiger partial charge is 0.342 e. The molecule has 2 heterocycles.